The number of aromatic nitrogens is 2. The molecule has 0 aliphatic carbocycles. The second-order valence-corrected chi connectivity index (χ2v) is 8.21. The molecule has 1 N–H and O–H groups in total. The van der Waals surface area contributed by atoms with Gasteiger partial charge in [0, 0.05) is 12.1 Å². The van der Waals surface area contributed by atoms with Crippen LogP contribution in [0.2, 0.25) is 0 Å². The van der Waals surface area contributed by atoms with Crippen LogP contribution in [0.1, 0.15) is 53.0 Å². The number of likely N-dealkylation sites (tertiary alicyclic amines) is 1. The zero-order valence-electron chi connectivity index (χ0n) is 19.0. The molecule has 1 unspecified atom stereocenters. The topological polar surface area (TPSA) is 59.4 Å². The van der Waals surface area contributed by atoms with Crippen molar-refractivity contribution in [2.75, 3.05) is 26.7 Å². The minimum atomic E-state index is -0.0692. The van der Waals surface area contributed by atoms with Gasteiger partial charge in [0.1, 0.15) is 5.75 Å². The minimum absolute atomic E-state index is 0.0692. The largest absolute Gasteiger partial charge is 0.496 e. The third kappa shape index (κ3) is 4.86. The van der Waals surface area contributed by atoms with Gasteiger partial charge in [-0.1, -0.05) is 55.5 Å². The van der Waals surface area contributed by atoms with Crippen molar-refractivity contribution in [1.82, 2.24) is 20.0 Å². The Labute approximate surface area is 190 Å². The number of hydrogen-bond donors (Lipinski definition) is 1. The SMILES string of the molecule is CCc1c(C(=O)NCC(c2ccccc2OC)N2CCCC2)cnn1Cc1ccccc1. The third-order valence-corrected chi connectivity index (χ3v) is 6.24. The van der Waals surface area contributed by atoms with Crippen LogP contribution in [0.15, 0.2) is 60.8 Å². The standard InChI is InChI=1S/C26H32N4O2/c1-3-23-22(17-28-30(23)19-20-11-5-4-6-12-20)26(31)27-18-24(29-15-9-10-16-29)21-13-7-8-14-25(21)32-2/h4-8,11-14,17,24H,3,9-10,15-16,18-19H2,1-2H3,(H,27,31). The van der Waals surface area contributed by atoms with E-state index in [4.69, 9.17) is 4.74 Å². The molecule has 6 heteroatoms. The van der Waals surface area contributed by atoms with E-state index in [0.29, 0.717) is 18.7 Å². The van der Waals surface area contributed by atoms with Crippen molar-refractivity contribution < 1.29 is 9.53 Å². The Morgan fingerprint density at radius 1 is 1.09 bits per heavy atom. The lowest BCUT2D eigenvalue weighted by molar-refractivity contribution is 0.0936. The van der Waals surface area contributed by atoms with Gasteiger partial charge >= 0.3 is 0 Å². The summed E-state index contributed by atoms with van der Waals surface area (Å²) < 4.78 is 7.55. The Balaban J connectivity index is 1.51. The maximum Gasteiger partial charge on any atom is 0.254 e. The van der Waals surface area contributed by atoms with Gasteiger partial charge in [-0.15, -0.1) is 0 Å². The van der Waals surface area contributed by atoms with Gasteiger partial charge in [0.2, 0.25) is 0 Å². The van der Waals surface area contributed by atoms with Crippen molar-refractivity contribution in [3.63, 3.8) is 0 Å². The molecule has 6 nitrogen and oxygen atoms in total. The number of carbonyl (C=O) groups is 1. The maximum absolute atomic E-state index is 13.2. The summed E-state index contributed by atoms with van der Waals surface area (Å²) in [4.78, 5) is 15.6. The highest BCUT2D eigenvalue weighted by Gasteiger charge is 2.27. The summed E-state index contributed by atoms with van der Waals surface area (Å²) >= 11 is 0. The molecule has 1 fully saturated rings. The maximum atomic E-state index is 13.2. The van der Waals surface area contributed by atoms with E-state index in [0.717, 1.165) is 36.5 Å². The Morgan fingerprint density at radius 2 is 1.81 bits per heavy atom. The van der Waals surface area contributed by atoms with Crippen molar-refractivity contribution in [2.45, 2.75) is 38.8 Å². The van der Waals surface area contributed by atoms with E-state index < -0.39 is 0 Å². The molecule has 1 atom stereocenters. The quantitative estimate of drug-likeness (QED) is 0.554. The Morgan fingerprint density at radius 3 is 2.53 bits per heavy atom. The number of benzene rings is 2. The number of nitrogens with one attached hydrogen (secondary N) is 1. The molecule has 32 heavy (non-hydrogen) atoms. The normalized spacial score (nSPS) is 14.9. The van der Waals surface area contributed by atoms with Crippen LogP contribution in [0.5, 0.6) is 5.75 Å². The van der Waals surface area contributed by atoms with E-state index in [1.165, 1.54) is 18.4 Å². The molecule has 2 aromatic carbocycles. The molecule has 1 aromatic heterocycles. The van der Waals surface area contributed by atoms with E-state index in [2.05, 4.69) is 40.4 Å². The Hall–Kier alpha value is -3.12. The predicted molar refractivity (Wildman–Crippen MR) is 126 cm³/mol. The van der Waals surface area contributed by atoms with E-state index in [9.17, 15) is 4.79 Å². The summed E-state index contributed by atoms with van der Waals surface area (Å²) in [6, 6.07) is 18.4. The molecular formula is C26H32N4O2. The zero-order valence-corrected chi connectivity index (χ0v) is 19.0. The van der Waals surface area contributed by atoms with Gasteiger partial charge in [-0.05, 0) is 44.0 Å². The van der Waals surface area contributed by atoms with Crippen LogP contribution >= 0.6 is 0 Å². The molecule has 2 heterocycles. The van der Waals surface area contributed by atoms with Crippen molar-refractivity contribution >= 4 is 5.91 Å². The van der Waals surface area contributed by atoms with Gasteiger partial charge < -0.3 is 10.1 Å². The van der Waals surface area contributed by atoms with Gasteiger partial charge in [0.05, 0.1) is 37.2 Å². The van der Waals surface area contributed by atoms with Gasteiger partial charge in [-0.2, -0.15) is 5.10 Å². The first-order valence-electron chi connectivity index (χ1n) is 11.4. The molecule has 168 valence electrons. The average molecular weight is 433 g/mol. The molecular weight excluding hydrogens is 400 g/mol. The Bertz CT molecular complexity index is 1030. The molecule has 1 saturated heterocycles. The first kappa shape index (κ1) is 22.1. The van der Waals surface area contributed by atoms with Crippen molar-refractivity contribution in [3.05, 3.63) is 83.2 Å². The summed E-state index contributed by atoms with van der Waals surface area (Å²) in [5.41, 5.74) is 3.90. The average Bonchev–Trinajstić information content (AvgIpc) is 3.50. The number of amides is 1. The lowest BCUT2D eigenvalue weighted by atomic mass is 10.0. The Kier molecular flexibility index (Phi) is 7.22. The number of carbonyl (C=O) groups excluding carboxylic acids is 1. The number of nitrogens with zero attached hydrogens (tertiary/aromatic N) is 3. The highest BCUT2D eigenvalue weighted by Crippen LogP contribution is 2.31. The first-order valence-corrected chi connectivity index (χ1v) is 11.4. The van der Waals surface area contributed by atoms with E-state index in [1.54, 1.807) is 13.3 Å². The molecule has 1 aliphatic heterocycles. The minimum Gasteiger partial charge on any atom is -0.496 e. The lowest BCUT2D eigenvalue weighted by Gasteiger charge is -2.29. The van der Waals surface area contributed by atoms with Crippen LogP contribution in [0, 0.1) is 0 Å². The van der Waals surface area contributed by atoms with Crippen LogP contribution in [0.3, 0.4) is 0 Å². The molecule has 0 saturated carbocycles. The van der Waals surface area contributed by atoms with E-state index in [-0.39, 0.29) is 11.9 Å². The summed E-state index contributed by atoms with van der Waals surface area (Å²) in [5, 5.41) is 7.71. The first-order chi connectivity index (χ1) is 15.7. The summed E-state index contributed by atoms with van der Waals surface area (Å²) in [7, 11) is 1.70. The second kappa shape index (κ2) is 10.5. The van der Waals surface area contributed by atoms with Gasteiger partial charge in [0.25, 0.3) is 5.91 Å². The zero-order chi connectivity index (χ0) is 22.3. The fraction of sp³-hybridized carbons (Fsp3) is 0.385. The van der Waals surface area contributed by atoms with Crippen LogP contribution in [-0.2, 0) is 13.0 Å². The van der Waals surface area contributed by atoms with Crippen LogP contribution in [0.4, 0.5) is 0 Å². The predicted octanol–water partition coefficient (Wildman–Crippen LogP) is 4.07. The number of methoxy groups -OCH3 is 1. The van der Waals surface area contributed by atoms with Crippen LogP contribution < -0.4 is 10.1 Å². The lowest BCUT2D eigenvalue weighted by Crippen LogP contribution is -2.37. The number of para-hydroxylation sites is 1. The number of rotatable bonds is 9. The highest BCUT2D eigenvalue weighted by atomic mass is 16.5. The summed E-state index contributed by atoms with van der Waals surface area (Å²) in [6.45, 7) is 5.33. The summed E-state index contributed by atoms with van der Waals surface area (Å²) in [6.07, 6.45) is 4.82. The van der Waals surface area contributed by atoms with Gasteiger partial charge in [-0.25, -0.2) is 0 Å². The molecule has 0 radical (unpaired) electrons. The van der Waals surface area contributed by atoms with E-state index in [1.807, 2.05) is 41.1 Å². The van der Waals surface area contributed by atoms with Crippen LogP contribution in [0.25, 0.3) is 0 Å². The van der Waals surface area contributed by atoms with Crippen molar-refractivity contribution in [3.8, 4) is 5.75 Å². The monoisotopic (exact) mass is 432 g/mol. The molecule has 1 amide bonds. The molecule has 0 spiro atoms. The molecule has 4 rings (SSSR count). The van der Waals surface area contributed by atoms with Crippen molar-refractivity contribution in [2.24, 2.45) is 0 Å². The molecule has 1 aliphatic rings. The van der Waals surface area contributed by atoms with E-state index >= 15 is 0 Å². The molecule has 0 bridgehead atoms. The second-order valence-electron chi connectivity index (χ2n) is 8.21. The van der Waals surface area contributed by atoms with Crippen LogP contribution in [-0.4, -0.2) is 47.3 Å². The fourth-order valence-electron chi connectivity index (χ4n) is 4.58. The fourth-order valence-corrected chi connectivity index (χ4v) is 4.58. The van der Waals surface area contributed by atoms with Gasteiger partial charge in [0.15, 0.2) is 0 Å². The highest BCUT2D eigenvalue weighted by molar-refractivity contribution is 5.95. The number of ether oxygens (including phenoxy) is 1. The smallest absolute Gasteiger partial charge is 0.254 e. The van der Waals surface area contributed by atoms with Gasteiger partial charge in [-0.3, -0.25) is 14.4 Å². The molecule has 3 aromatic rings. The third-order valence-electron chi connectivity index (χ3n) is 6.24. The summed E-state index contributed by atoms with van der Waals surface area (Å²) in [5.74, 6) is 0.795. The number of hydrogen-bond acceptors (Lipinski definition) is 4. The van der Waals surface area contributed by atoms with Crippen molar-refractivity contribution in [1.29, 1.82) is 0 Å².